The van der Waals surface area contributed by atoms with Crippen molar-refractivity contribution in [2.24, 2.45) is 0 Å². The molecule has 0 amide bonds. The summed E-state index contributed by atoms with van der Waals surface area (Å²) in [6, 6.07) is 31.9. The van der Waals surface area contributed by atoms with Gasteiger partial charge in [0, 0.05) is 0 Å². The summed E-state index contributed by atoms with van der Waals surface area (Å²) in [5.74, 6) is -0.0617. The number of carbonyl (C=O) groups is 1. The number of halogens is 3. The molecule has 0 aromatic heterocycles. The Labute approximate surface area is 212 Å². The smallest absolute Gasteiger partial charge is 0.485 e. The van der Waals surface area contributed by atoms with Crippen LogP contribution in [0.2, 0.25) is 4.71 Å². The minimum Gasteiger partial charge on any atom is -0.741 e. The van der Waals surface area contributed by atoms with E-state index in [0.717, 1.165) is 12.8 Å². The van der Waals surface area contributed by atoms with Gasteiger partial charge < -0.3 is 4.55 Å². The predicted octanol–water partition coefficient (Wildman–Crippen LogP) is 3.94. The van der Waals surface area contributed by atoms with Crippen LogP contribution >= 0.6 is 0 Å². The first-order chi connectivity index (χ1) is 17.0. The van der Waals surface area contributed by atoms with Crippen LogP contribution in [-0.4, -0.2) is 44.6 Å². The number of benzene rings is 3. The molecule has 5 nitrogen and oxygen atoms in total. The van der Waals surface area contributed by atoms with Crippen molar-refractivity contribution in [3.8, 4) is 0 Å². The summed E-state index contributed by atoms with van der Waals surface area (Å²) in [5.41, 5.74) is -5.65. The Morgan fingerprint density at radius 3 is 1.42 bits per heavy atom. The van der Waals surface area contributed by atoms with Crippen molar-refractivity contribution in [1.29, 1.82) is 0 Å². The molecule has 0 fully saturated rings. The SMILES string of the molecule is CCCC(C(=O)OCC)[As+](c1ccccc1)(c1ccccc1)c1ccccc1.O=S(=O)([O-])C(F)(F)F. The van der Waals surface area contributed by atoms with Crippen LogP contribution in [0.25, 0.3) is 0 Å². The van der Waals surface area contributed by atoms with Crippen LogP contribution in [0.1, 0.15) is 26.7 Å². The number of esters is 1. The first kappa shape index (κ1) is 29.6. The molecule has 0 aliphatic carbocycles. The molecule has 0 heterocycles. The third-order valence-corrected chi connectivity index (χ3v) is 15.9. The Morgan fingerprint density at radius 1 is 0.833 bits per heavy atom. The zero-order chi connectivity index (χ0) is 26.8. The van der Waals surface area contributed by atoms with E-state index >= 15 is 0 Å². The second-order valence-electron chi connectivity index (χ2n) is 7.69. The van der Waals surface area contributed by atoms with Crippen LogP contribution in [0.4, 0.5) is 13.2 Å². The Bertz CT molecular complexity index is 1090. The van der Waals surface area contributed by atoms with Gasteiger partial charge in [0.15, 0.2) is 10.1 Å². The molecule has 3 aromatic carbocycles. The summed E-state index contributed by atoms with van der Waals surface area (Å²) < 4.78 is 68.2. The summed E-state index contributed by atoms with van der Waals surface area (Å²) in [5, 5.41) is 0. The Morgan fingerprint density at radius 2 is 1.17 bits per heavy atom. The van der Waals surface area contributed by atoms with E-state index in [1.54, 1.807) is 0 Å². The van der Waals surface area contributed by atoms with E-state index in [0.29, 0.717) is 6.61 Å². The molecule has 0 saturated heterocycles. The van der Waals surface area contributed by atoms with E-state index in [1.165, 1.54) is 13.1 Å². The number of hydrogen-bond donors (Lipinski definition) is 0. The topological polar surface area (TPSA) is 83.5 Å². The number of rotatable bonds is 8. The van der Waals surface area contributed by atoms with Crippen molar-refractivity contribution in [1.82, 2.24) is 0 Å². The molecule has 0 saturated carbocycles. The maximum absolute atomic E-state index is 13.3. The van der Waals surface area contributed by atoms with Gasteiger partial charge in [-0.25, -0.2) is 8.42 Å². The Kier molecular flexibility index (Phi) is 10.8. The molecule has 3 aromatic rings. The number of carbonyl (C=O) groups excluding carboxylic acids is 1. The molecule has 1 atom stereocenters. The summed E-state index contributed by atoms with van der Waals surface area (Å²) in [6.07, 6.45) is 1.77. The molecule has 0 aliphatic heterocycles. The largest absolute Gasteiger partial charge is 0.741 e. The van der Waals surface area contributed by atoms with E-state index in [9.17, 15) is 18.0 Å². The number of alkyl halides is 3. The molecule has 0 N–H and O–H groups in total. The average Bonchev–Trinajstić information content (AvgIpc) is 2.85. The third kappa shape index (κ3) is 6.99. The maximum Gasteiger partial charge on any atom is 0.485 e. The molecule has 0 aliphatic rings. The molecule has 0 bridgehead atoms. The van der Waals surface area contributed by atoms with Gasteiger partial charge in [0.1, 0.15) is 0 Å². The van der Waals surface area contributed by atoms with E-state index < -0.39 is 29.2 Å². The third-order valence-electron chi connectivity index (χ3n) is 5.36. The van der Waals surface area contributed by atoms with Crippen LogP contribution in [0.5, 0.6) is 0 Å². The molecular weight excluding hydrogens is 556 g/mol. The van der Waals surface area contributed by atoms with E-state index in [-0.39, 0.29) is 10.7 Å². The summed E-state index contributed by atoms with van der Waals surface area (Å²) >= 11 is -3.13. The van der Waals surface area contributed by atoms with E-state index in [4.69, 9.17) is 17.7 Å². The van der Waals surface area contributed by atoms with Gasteiger partial charge in [-0.1, -0.05) is 0 Å². The van der Waals surface area contributed by atoms with Crippen LogP contribution in [0.3, 0.4) is 0 Å². The fraction of sp³-hybridized carbons (Fsp3) is 0.269. The molecule has 3 rings (SSSR count). The van der Waals surface area contributed by atoms with Gasteiger partial charge in [-0.05, 0) is 0 Å². The number of hydrogen-bond acceptors (Lipinski definition) is 5. The Balaban J connectivity index is 0.000000493. The molecule has 0 radical (unpaired) electrons. The molecule has 36 heavy (non-hydrogen) atoms. The molecule has 10 heteroatoms. The fourth-order valence-electron chi connectivity index (χ4n) is 3.96. The van der Waals surface area contributed by atoms with Crippen LogP contribution in [0, 0.1) is 0 Å². The van der Waals surface area contributed by atoms with Gasteiger partial charge >= 0.3 is 177 Å². The van der Waals surface area contributed by atoms with Crippen molar-refractivity contribution in [3.05, 3.63) is 91.0 Å². The zero-order valence-corrected chi connectivity index (χ0v) is 22.6. The van der Waals surface area contributed by atoms with Gasteiger partial charge in [-0.2, -0.15) is 13.2 Å². The minimum atomic E-state index is -6.09. The number of ether oxygens (including phenoxy) is 1. The van der Waals surface area contributed by atoms with E-state index in [2.05, 4.69) is 79.7 Å². The second-order valence-corrected chi connectivity index (χ2v) is 16.6. The van der Waals surface area contributed by atoms with Crippen molar-refractivity contribution >= 4 is 42.7 Å². The van der Waals surface area contributed by atoms with Crippen molar-refractivity contribution in [3.63, 3.8) is 0 Å². The molecule has 194 valence electrons. The quantitative estimate of drug-likeness (QED) is 0.173. The summed E-state index contributed by atoms with van der Waals surface area (Å²) in [7, 11) is -6.09. The van der Waals surface area contributed by atoms with Crippen LogP contribution < -0.4 is 13.1 Å². The maximum atomic E-state index is 13.3. The minimum absolute atomic E-state index is 0.0617. The monoisotopic (exact) mass is 584 g/mol. The first-order valence-corrected chi connectivity index (χ1v) is 16.5. The van der Waals surface area contributed by atoms with Gasteiger partial charge in [0.05, 0.1) is 0 Å². The van der Waals surface area contributed by atoms with Gasteiger partial charge in [0.2, 0.25) is 0 Å². The molecular formula is C26H28AsF3O5S. The van der Waals surface area contributed by atoms with Crippen molar-refractivity contribution in [2.75, 3.05) is 6.61 Å². The second kappa shape index (κ2) is 13.1. The van der Waals surface area contributed by atoms with Crippen LogP contribution in [0.15, 0.2) is 91.0 Å². The fourth-order valence-corrected chi connectivity index (χ4v) is 14.3. The van der Waals surface area contributed by atoms with Crippen molar-refractivity contribution in [2.45, 2.75) is 36.9 Å². The molecule has 0 spiro atoms. The van der Waals surface area contributed by atoms with Gasteiger partial charge in [0.25, 0.3) is 0 Å². The van der Waals surface area contributed by atoms with Crippen LogP contribution in [-0.2, 0) is 19.6 Å². The predicted molar refractivity (Wildman–Crippen MR) is 135 cm³/mol. The van der Waals surface area contributed by atoms with E-state index in [1.807, 2.05) is 25.1 Å². The van der Waals surface area contributed by atoms with Gasteiger partial charge in [-0.15, -0.1) is 0 Å². The standard InChI is InChI=1S/C25H28AsO2.CHF3O3S/c1-3-14-24(25(27)28-4-2)26(21-15-8-5-9-16-21,22-17-10-6-11-18-22)23-19-12-7-13-20-23;2-1(3,4)8(5,6)7/h5-13,15-20,24H,3-4,14H2,1-2H3;(H,5,6,7)/q+1;/p-1. The van der Waals surface area contributed by atoms with Gasteiger partial charge in [-0.3, -0.25) is 0 Å². The summed E-state index contributed by atoms with van der Waals surface area (Å²) in [4.78, 5) is 13.3. The average molecular weight is 584 g/mol. The Hall–Kier alpha value is -2.61. The zero-order valence-electron chi connectivity index (χ0n) is 19.9. The molecule has 1 unspecified atom stereocenters. The normalized spacial score (nSPS) is 12.7. The van der Waals surface area contributed by atoms with Crippen molar-refractivity contribution < 1.29 is 35.7 Å². The first-order valence-electron chi connectivity index (χ1n) is 11.2. The summed E-state index contributed by atoms with van der Waals surface area (Å²) in [6.45, 7) is 4.45.